The number of carbonyl (C=O) groups excluding carboxylic acids is 2. The summed E-state index contributed by atoms with van der Waals surface area (Å²) in [6.07, 6.45) is 2.73. The van der Waals surface area contributed by atoms with Crippen LogP contribution in [0.1, 0.15) is 20.2 Å². The van der Waals surface area contributed by atoms with Crippen molar-refractivity contribution in [3.05, 3.63) is 69.6 Å². The molecule has 1 aromatic carbocycles. The first-order valence-corrected chi connectivity index (χ1v) is 7.98. The zero-order valence-corrected chi connectivity index (χ0v) is 13.7. The molecule has 0 spiro atoms. The Morgan fingerprint density at radius 2 is 1.96 bits per heavy atom. The Kier molecular flexibility index (Phi) is 4.73. The van der Waals surface area contributed by atoms with E-state index in [9.17, 15) is 14.0 Å². The normalized spacial score (nSPS) is 10.6. The molecule has 0 aliphatic carbocycles. The number of ether oxygens (including phenoxy) is 1. The molecule has 2 aromatic heterocycles. The SMILES string of the molecule is O=C(COC(=O)c1cncn1-c1ccc(F)cc1)c1ccc(Cl)s1. The molecule has 3 aromatic rings. The first-order chi connectivity index (χ1) is 11.5. The zero-order chi connectivity index (χ0) is 17.1. The molecule has 0 radical (unpaired) electrons. The van der Waals surface area contributed by atoms with Gasteiger partial charge in [-0.05, 0) is 36.4 Å². The number of nitrogens with zero attached hydrogens (tertiary/aromatic N) is 2. The van der Waals surface area contributed by atoms with Crippen LogP contribution in [0.5, 0.6) is 0 Å². The highest BCUT2D eigenvalue weighted by molar-refractivity contribution is 7.18. The van der Waals surface area contributed by atoms with Crippen molar-refractivity contribution in [3.63, 3.8) is 0 Å². The van der Waals surface area contributed by atoms with E-state index in [0.29, 0.717) is 14.9 Å². The minimum Gasteiger partial charge on any atom is -0.453 e. The summed E-state index contributed by atoms with van der Waals surface area (Å²) in [4.78, 5) is 28.4. The number of aromatic nitrogens is 2. The van der Waals surface area contributed by atoms with Crippen molar-refractivity contribution in [2.75, 3.05) is 6.61 Å². The number of benzene rings is 1. The van der Waals surface area contributed by atoms with Crippen LogP contribution in [-0.4, -0.2) is 27.9 Å². The molecule has 0 bridgehead atoms. The topological polar surface area (TPSA) is 61.2 Å². The van der Waals surface area contributed by atoms with Crippen LogP contribution in [0.3, 0.4) is 0 Å². The molecule has 5 nitrogen and oxygen atoms in total. The smallest absolute Gasteiger partial charge is 0.357 e. The number of carbonyl (C=O) groups is 2. The van der Waals surface area contributed by atoms with E-state index in [1.54, 1.807) is 12.1 Å². The summed E-state index contributed by atoms with van der Waals surface area (Å²) in [6, 6.07) is 8.74. The van der Waals surface area contributed by atoms with Gasteiger partial charge in [-0.15, -0.1) is 11.3 Å². The standard InChI is InChI=1S/C16H10ClFN2O3S/c17-15-6-5-14(24-15)13(21)8-23-16(22)12-7-19-9-20(12)11-3-1-10(18)2-4-11/h1-7,9H,8H2. The van der Waals surface area contributed by atoms with E-state index in [0.717, 1.165) is 11.3 Å². The van der Waals surface area contributed by atoms with Gasteiger partial charge in [-0.2, -0.15) is 0 Å². The third kappa shape index (κ3) is 3.52. The molecule has 0 saturated heterocycles. The third-order valence-electron chi connectivity index (χ3n) is 3.13. The Hall–Kier alpha value is -2.51. The van der Waals surface area contributed by atoms with Gasteiger partial charge in [-0.1, -0.05) is 11.6 Å². The van der Waals surface area contributed by atoms with Crippen LogP contribution in [0.4, 0.5) is 4.39 Å². The summed E-state index contributed by atoms with van der Waals surface area (Å²) in [6.45, 7) is -0.399. The van der Waals surface area contributed by atoms with Crippen LogP contribution >= 0.6 is 22.9 Å². The summed E-state index contributed by atoms with van der Waals surface area (Å²) >= 11 is 6.89. The first kappa shape index (κ1) is 16.4. The number of ketones is 1. The molecule has 24 heavy (non-hydrogen) atoms. The fourth-order valence-electron chi connectivity index (χ4n) is 1.99. The second kappa shape index (κ2) is 6.94. The van der Waals surface area contributed by atoms with Crippen LogP contribution in [0.2, 0.25) is 4.34 Å². The molecular weight excluding hydrogens is 355 g/mol. The van der Waals surface area contributed by atoms with Crippen LogP contribution in [0, 0.1) is 5.82 Å². The number of thiophene rings is 1. The van der Waals surface area contributed by atoms with Gasteiger partial charge in [0.05, 0.1) is 21.7 Å². The maximum atomic E-state index is 13.0. The summed E-state index contributed by atoms with van der Waals surface area (Å²) < 4.78 is 20.0. The lowest BCUT2D eigenvalue weighted by Gasteiger charge is -2.07. The van der Waals surface area contributed by atoms with Crippen molar-refractivity contribution in [1.29, 1.82) is 0 Å². The second-order valence-electron chi connectivity index (χ2n) is 4.73. The van der Waals surface area contributed by atoms with Gasteiger partial charge < -0.3 is 4.74 Å². The van der Waals surface area contributed by atoms with Crippen molar-refractivity contribution in [2.45, 2.75) is 0 Å². The Morgan fingerprint density at radius 1 is 1.21 bits per heavy atom. The van der Waals surface area contributed by atoms with E-state index in [1.165, 1.54) is 41.4 Å². The number of rotatable bonds is 5. The predicted molar refractivity (Wildman–Crippen MR) is 87.5 cm³/mol. The fraction of sp³-hybridized carbons (Fsp3) is 0.0625. The summed E-state index contributed by atoms with van der Waals surface area (Å²) in [5.74, 6) is -1.43. The van der Waals surface area contributed by atoms with Gasteiger partial charge in [0.2, 0.25) is 5.78 Å². The van der Waals surface area contributed by atoms with E-state index >= 15 is 0 Å². The highest BCUT2D eigenvalue weighted by Gasteiger charge is 2.17. The number of imidazole rings is 1. The van der Waals surface area contributed by atoms with Crippen molar-refractivity contribution in [1.82, 2.24) is 9.55 Å². The molecular formula is C16H10ClFN2O3S. The van der Waals surface area contributed by atoms with Gasteiger partial charge >= 0.3 is 5.97 Å². The maximum Gasteiger partial charge on any atom is 0.357 e. The average Bonchev–Trinajstić information content (AvgIpc) is 3.22. The number of hydrogen-bond acceptors (Lipinski definition) is 5. The minimum atomic E-state index is -0.701. The van der Waals surface area contributed by atoms with E-state index in [-0.39, 0.29) is 17.3 Å². The van der Waals surface area contributed by atoms with E-state index in [2.05, 4.69) is 4.98 Å². The van der Waals surface area contributed by atoms with Gasteiger partial charge in [-0.25, -0.2) is 14.2 Å². The zero-order valence-electron chi connectivity index (χ0n) is 12.1. The molecule has 0 unspecified atom stereocenters. The van der Waals surface area contributed by atoms with Crippen LogP contribution in [0.25, 0.3) is 5.69 Å². The highest BCUT2D eigenvalue weighted by Crippen LogP contribution is 2.22. The lowest BCUT2D eigenvalue weighted by molar-refractivity contribution is 0.0468. The van der Waals surface area contributed by atoms with Crippen molar-refractivity contribution in [2.24, 2.45) is 0 Å². The molecule has 0 aliphatic heterocycles. The Bertz CT molecular complexity index is 889. The molecule has 0 fully saturated rings. The maximum absolute atomic E-state index is 13.0. The lowest BCUT2D eigenvalue weighted by atomic mass is 10.3. The molecule has 2 heterocycles. The minimum absolute atomic E-state index is 0.138. The molecule has 0 atom stereocenters. The predicted octanol–water partition coefficient (Wildman–Crippen LogP) is 3.77. The monoisotopic (exact) mass is 364 g/mol. The van der Waals surface area contributed by atoms with Gasteiger partial charge in [-0.3, -0.25) is 9.36 Å². The lowest BCUT2D eigenvalue weighted by Crippen LogP contribution is -2.16. The number of Topliss-reactive ketones (excluding diaryl/α,β-unsaturated/α-hetero) is 1. The molecule has 122 valence electrons. The summed E-state index contributed by atoms with van der Waals surface area (Å²) in [5.41, 5.74) is 0.691. The van der Waals surface area contributed by atoms with Crippen molar-refractivity contribution >= 4 is 34.7 Å². The van der Waals surface area contributed by atoms with Gasteiger partial charge in [0.25, 0.3) is 0 Å². The number of hydrogen-bond donors (Lipinski definition) is 0. The largest absolute Gasteiger partial charge is 0.453 e. The van der Waals surface area contributed by atoms with Crippen LogP contribution < -0.4 is 0 Å². The summed E-state index contributed by atoms with van der Waals surface area (Å²) in [5, 5.41) is 0. The molecule has 0 aliphatic rings. The molecule has 0 saturated carbocycles. The highest BCUT2D eigenvalue weighted by atomic mass is 35.5. The molecule has 0 amide bonds. The summed E-state index contributed by atoms with van der Waals surface area (Å²) in [7, 11) is 0. The molecule has 8 heteroatoms. The van der Waals surface area contributed by atoms with E-state index in [4.69, 9.17) is 16.3 Å². The number of halogens is 2. The van der Waals surface area contributed by atoms with E-state index in [1.807, 2.05) is 0 Å². The second-order valence-corrected chi connectivity index (χ2v) is 6.44. The van der Waals surface area contributed by atoms with Gasteiger partial charge in [0.15, 0.2) is 12.3 Å². The van der Waals surface area contributed by atoms with Crippen molar-refractivity contribution in [3.8, 4) is 5.69 Å². The fourth-order valence-corrected chi connectivity index (χ4v) is 2.96. The number of esters is 1. The first-order valence-electron chi connectivity index (χ1n) is 6.78. The Balaban J connectivity index is 1.71. The van der Waals surface area contributed by atoms with Crippen molar-refractivity contribution < 1.29 is 18.7 Å². The van der Waals surface area contributed by atoms with Gasteiger partial charge in [0.1, 0.15) is 5.82 Å². The third-order valence-corrected chi connectivity index (χ3v) is 4.41. The molecule has 0 N–H and O–H groups in total. The van der Waals surface area contributed by atoms with Gasteiger partial charge in [0, 0.05) is 5.69 Å². The van der Waals surface area contributed by atoms with E-state index < -0.39 is 12.6 Å². The Labute approximate surface area is 145 Å². The average molecular weight is 365 g/mol. The Morgan fingerprint density at radius 3 is 2.62 bits per heavy atom. The quantitative estimate of drug-likeness (QED) is 0.511. The van der Waals surface area contributed by atoms with Crippen LogP contribution in [0.15, 0.2) is 48.9 Å². The molecule has 3 rings (SSSR count). The van der Waals surface area contributed by atoms with Crippen LogP contribution in [-0.2, 0) is 4.74 Å².